The molecule has 2 aromatic rings. The Morgan fingerprint density at radius 2 is 2.04 bits per heavy atom. The number of rotatable bonds is 4. The Kier molecular flexibility index (Phi) is 4.96. The maximum absolute atomic E-state index is 12.6. The predicted octanol–water partition coefficient (Wildman–Crippen LogP) is 4.19. The lowest BCUT2D eigenvalue weighted by atomic mass is 10.1. The highest BCUT2D eigenvalue weighted by molar-refractivity contribution is 7.14. The van der Waals surface area contributed by atoms with Gasteiger partial charge in [0.05, 0.1) is 11.6 Å². The molecular weight excluding hydrogens is 370 g/mol. The Balaban J connectivity index is 1.41. The van der Waals surface area contributed by atoms with Gasteiger partial charge in [-0.1, -0.05) is 42.6 Å². The fraction of sp³-hybridized carbons (Fsp3) is 0.421. The lowest BCUT2D eigenvalue weighted by Gasteiger charge is -2.23. The van der Waals surface area contributed by atoms with Crippen LogP contribution in [0.3, 0.4) is 0 Å². The van der Waals surface area contributed by atoms with E-state index in [0.717, 1.165) is 24.1 Å². The van der Waals surface area contributed by atoms with Crippen LogP contribution in [0.25, 0.3) is 11.3 Å². The molecule has 2 amide bonds. The topological polar surface area (TPSA) is 62.3 Å². The molecule has 1 saturated heterocycles. The van der Waals surface area contributed by atoms with Crippen molar-refractivity contribution in [2.24, 2.45) is 5.92 Å². The van der Waals surface area contributed by atoms with E-state index in [2.05, 4.69) is 10.3 Å². The summed E-state index contributed by atoms with van der Waals surface area (Å²) in [4.78, 5) is 31.2. The zero-order valence-electron chi connectivity index (χ0n) is 14.3. The molecule has 136 valence electrons. The molecule has 7 heteroatoms. The van der Waals surface area contributed by atoms with E-state index >= 15 is 0 Å². The van der Waals surface area contributed by atoms with Crippen molar-refractivity contribution >= 4 is 39.9 Å². The van der Waals surface area contributed by atoms with Gasteiger partial charge in [-0.15, -0.1) is 11.3 Å². The van der Waals surface area contributed by atoms with Crippen LogP contribution in [0.2, 0.25) is 5.02 Å². The minimum absolute atomic E-state index is 0.105. The first-order valence-electron chi connectivity index (χ1n) is 8.92. The molecule has 1 aromatic heterocycles. The van der Waals surface area contributed by atoms with Crippen LogP contribution in [-0.4, -0.2) is 34.3 Å². The molecule has 1 atom stereocenters. The summed E-state index contributed by atoms with van der Waals surface area (Å²) in [6, 6.07) is 7.81. The summed E-state index contributed by atoms with van der Waals surface area (Å²) in [5.41, 5.74) is 1.58. The number of halogens is 1. The Labute approximate surface area is 161 Å². The van der Waals surface area contributed by atoms with Gasteiger partial charge in [0, 0.05) is 35.0 Å². The molecule has 1 aromatic carbocycles. The average Bonchev–Trinajstić information content (AvgIpc) is 3.35. The van der Waals surface area contributed by atoms with E-state index in [0.29, 0.717) is 29.2 Å². The maximum Gasteiger partial charge on any atom is 0.231 e. The maximum atomic E-state index is 12.6. The number of anilines is 1. The molecule has 5 nitrogen and oxygen atoms in total. The summed E-state index contributed by atoms with van der Waals surface area (Å²) in [5, 5.41) is 5.92. The minimum Gasteiger partial charge on any atom is -0.339 e. The fourth-order valence-corrected chi connectivity index (χ4v) is 4.75. The highest BCUT2D eigenvalue weighted by Crippen LogP contribution is 2.32. The summed E-state index contributed by atoms with van der Waals surface area (Å²) in [7, 11) is 0. The van der Waals surface area contributed by atoms with Gasteiger partial charge < -0.3 is 10.2 Å². The standard InChI is InChI=1S/C19H20ClN3O2S/c20-15-8-4-3-7-14(15)16-11-26-19(21-16)22-18(25)12-9-17(24)23(10-12)13-5-1-2-6-13/h3-4,7-8,11-13H,1-2,5-6,9-10H2,(H,21,22,25). The molecule has 1 aliphatic carbocycles. The lowest BCUT2D eigenvalue weighted by Crippen LogP contribution is -2.35. The predicted molar refractivity (Wildman–Crippen MR) is 103 cm³/mol. The SMILES string of the molecule is O=C(Nc1nc(-c2ccccc2Cl)cs1)C1CC(=O)N(C2CCCC2)C1. The molecule has 1 saturated carbocycles. The third-order valence-electron chi connectivity index (χ3n) is 5.18. The molecule has 4 rings (SSSR count). The summed E-state index contributed by atoms with van der Waals surface area (Å²) >= 11 is 7.57. The number of carbonyl (C=O) groups excluding carboxylic acids is 2. The van der Waals surface area contributed by atoms with Crippen LogP contribution in [-0.2, 0) is 9.59 Å². The number of aromatic nitrogens is 1. The lowest BCUT2D eigenvalue weighted by molar-refractivity contribution is -0.129. The zero-order valence-corrected chi connectivity index (χ0v) is 15.9. The largest absolute Gasteiger partial charge is 0.339 e. The molecule has 2 fully saturated rings. The van der Waals surface area contributed by atoms with Crippen LogP contribution >= 0.6 is 22.9 Å². The second-order valence-corrected chi connectivity index (χ2v) is 8.16. The minimum atomic E-state index is -0.296. The van der Waals surface area contributed by atoms with Crippen molar-refractivity contribution in [1.82, 2.24) is 9.88 Å². The number of nitrogens with one attached hydrogen (secondary N) is 1. The van der Waals surface area contributed by atoms with Gasteiger partial charge in [-0.2, -0.15) is 0 Å². The van der Waals surface area contributed by atoms with Gasteiger partial charge in [-0.25, -0.2) is 4.98 Å². The fourth-order valence-electron chi connectivity index (χ4n) is 3.81. The number of hydrogen-bond acceptors (Lipinski definition) is 4. The van der Waals surface area contributed by atoms with Gasteiger partial charge in [-0.3, -0.25) is 9.59 Å². The smallest absolute Gasteiger partial charge is 0.231 e. The van der Waals surface area contributed by atoms with E-state index in [1.807, 2.05) is 34.5 Å². The molecule has 1 aliphatic heterocycles. The highest BCUT2D eigenvalue weighted by atomic mass is 35.5. The van der Waals surface area contributed by atoms with Gasteiger partial charge in [0.25, 0.3) is 0 Å². The van der Waals surface area contributed by atoms with Crippen molar-refractivity contribution in [3.05, 3.63) is 34.7 Å². The number of thiazole rings is 1. The summed E-state index contributed by atoms with van der Waals surface area (Å²) in [5.74, 6) is -0.317. The van der Waals surface area contributed by atoms with Gasteiger partial charge >= 0.3 is 0 Å². The van der Waals surface area contributed by atoms with E-state index in [1.54, 1.807) is 0 Å². The van der Waals surface area contributed by atoms with Crippen LogP contribution in [0.4, 0.5) is 5.13 Å². The van der Waals surface area contributed by atoms with Crippen molar-refractivity contribution in [3.63, 3.8) is 0 Å². The normalized spacial score (nSPS) is 20.7. The van der Waals surface area contributed by atoms with Crippen LogP contribution in [0.1, 0.15) is 32.1 Å². The quantitative estimate of drug-likeness (QED) is 0.852. The van der Waals surface area contributed by atoms with E-state index < -0.39 is 0 Å². The van der Waals surface area contributed by atoms with Crippen molar-refractivity contribution in [2.45, 2.75) is 38.1 Å². The molecule has 1 unspecified atom stereocenters. The van der Waals surface area contributed by atoms with Crippen LogP contribution in [0, 0.1) is 5.92 Å². The van der Waals surface area contributed by atoms with E-state index in [-0.39, 0.29) is 17.7 Å². The van der Waals surface area contributed by atoms with E-state index in [9.17, 15) is 9.59 Å². The number of nitrogens with zero attached hydrogens (tertiary/aromatic N) is 2. The van der Waals surface area contributed by atoms with Gasteiger partial charge in [0.1, 0.15) is 0 Å². The van der Waals surface area contributed by atoms with Crippen molar-refractivity contribution in [1.29, 1.82) is 0 Å². The Morgan fingerprint density at radius 1 is 1.27 bits per heavy atom. The third kappa shape index (κ3) is 3.48. The molecule has 1 N–H and O–H groups in total. The monoisotopic (exact) mass is 389 g/mol. The Hall–Kier alpha value is -1.92. The van der Waals surface area contributed by atoms with Crippen LogP contribution < -0.4 is 5.32 Å². The summed E-state index contributed by atoms with van der Waals surface area (Å²) in [6.07, 6.45) is 4.77. The van der Waals surface area contributed by atoms with Crippen molar-refractivity contribution < 1.29 is 9.59 Å². The third-order valence-corrected chi connectivity index (χ3v) is 6.27. The first-order valence-corrected chi connectivity index (χ1v) is 10.2. The first kappa shape index (κ1) is 17.5. The summed E-state index contributed by atoms with van der Waals surface area (Å²) < 4.78 is 0. The molecule has 2 aliphatic rings. The van der Waals surface area contributed by atoms with Crippen molar-refractivity contribution in [2.75, 3.05) is 11.9 Å². The number of benzene rings is 1. The average molecular weight is 390 g/mol. The zero-order chi connectivity index (χ0) is 18.1. The van der Waals surface area contributed by atoms with Gasteiger partial charge in [-0.05, 0) is 18.9 Å². The van der Waals surface area contributed by atoms with Gasteiger partial charge in [0.2, 0.25) is 11.8 Å². The van der Waals surface area contributed by atoms with Crippen LogP contribution in [0.15, 0.2) is 29.6 Å². The Bertz CT molecular complexity index is 832. The second-order valence-electron chi connectivity index (χ2n) is 6.89. The van der Waals surface area contributed by atoms with E-state index in [1.165, 1.54) is 24.2 Å². The number of carbonyl (C=O) groups is 2. The summed E-state index contributed by atoms with van der Waals surface area (Å²) in [6.45, 7) is 0.526. The molecule has 0 bridgehead atoms. The van der Waals surface area contributed by atoms with Crippen molar-refractivity contribution in [3.8, 4) is 11.3 Å². The molecule has 0 spiro atoms. The van der Waals surface area contributed by atoms with Gasteiger partial charge in [0.15, 0.2) is 5.13 Å². The van der Waals surface area contributed by atoms with E-state index in [4.69, 9.17) is 11.6 Å². The molecular formula is C19H20ClN3O2S. The Morgan fingerprint density at radius 3 is 2.81 bits per heavy atom. The number of hydrogen-bond donors (Lipinski definition) is 1. The van der Waals surface area contributed by atoms with Crippen LogP contribution in [0.5, 0.6) is 0 Å². The number of amides is 2. The molecule has 2 heterocycles. The first-order chi connectivity index (χ1) is 12.6. The highest BCUT2D eigenvalue weighted by Gasteiger charge is 2.38. The second kappa shape index (κ2) is 7.37. The molecule has 26 heavy (non-hydrogen) atoms. The molecule has 0 radical (unpaired) electrons. The number of likely N-dealkylation sites (tertiary alicyclic amines) is 1.